The predicted octanol–water partition coefficient (Wildman–Crippen LogP) is 7.56. The van der Waals surface area contributed by atoms with Crippen LogP contribution in [-0.4, -0.2) is 25.2 Å². The Morgan fingerprint density at radius 3 is 2.09 bits per heavy atom. The quantitative estimate of drug-likeness (QED) is 0.337. The van der Waals surface area contributed by atoms with Crippen molar-refractivity contribution in [1.82, 2.24) is 0 Å². The van der Waals surface area contributed by atoms with E-state index in [1.165, 1.54) is 6.07 Å². The highest BCUT2D eigenvalue weighted by molar-refractivity contribution is 7.68. The molecule has 3 aromatic rings. The van der Waals surface area contributed by atoms with Crippen molar-refractivity contribution in [1.29, 1.82) is 0 Å². The van der Waals surface area contributed by atoms with Crippen LogP contribution >= 0.6 is 7.92 Å². The number of benzene rings is 3. The molecule has 0 fully saturated rings. The first-order chi connectivity index (χ1) is 16.5. The van der Waals surface area contributed by atoms with Crippen molar-refractivity contribution >= 4 is 13.2 Å². The summed E-state index contributed by atoms with van der Waals surface area (Å²) in [4.78, 5) is 0. The fourth-order valence-electron chi connectivity index (χ4n) is 4.72. The normalized spacial score (nSPS) is 17.6. The van der Waals surface area contributed by atoms with Gasteiger partial charge in [0.1, 0.15) is 23.1 Å². The van der Waals surface area contributed by atoms with E-state index in [0.29, 0.717) is 23.5 Å². The lowest BCUT2D eigenvalue weighted by Crippen LogP contribution is -2.26. The van der Waals surface area contributed by atoms with Gasteiger partial charge in [0.25, 0.3) is 0 Å². The molecule has 4 rings (SSSR count). The third-order valence-corrected chi connectivity index (χ3v) is 9.53. The van der Waals surface area contributed by atoms with E-state index in [0.717, 1.165) is 33.8 Å². The smallest absolute Gasteiger partial charge is 0.416 e. The minimum atomic E-state index is -4.36. The molecule has 1 aliphatic heterocycles. The van der Waals surface area contributed by atoms with Crippen LogP contribution in [0.1, 0.15) is 37.5 Å². The maximum atomic E-state index is 13.2. The SMILES string of the molecule is COc1cccc(OC)c1-c1cccc2c1P(C(C)(C)C)[C@@H](Cc1ccc(C(F)(F)F)cc1C)O2. The molecule has 1 aliphatic rings. The van der Waals surface area contributed by atoms with E-state index >= 15 is 0 Å². The molecule has 0 aromatic heterocycles. The Labute approximate surface area is 206 Å². The summed E-state index contributed by atoms with van der Waals surface area (Å²) in [5.74, 6) is 2.07. The van der Waals surface area contributed by atoms with E-state index < -0.39 is 19.7 Å². The molecule has 35 heavy (non-hydrogen) atoms. The van der Waals surface area contributed by atoms with Gasteiger partial charge in [0.15, 0.2) is 0 Å². The summed E-state index contributed by atoms with van der Waals surface area (Å²) < 4.78 is 57.5. The summed E-state index contributed by atoms with van der Waals surface area (Å²) in [6.45, 7) is 8.32. The van der Waals surface area contributed by atoms with Gasteiger partial charge in [-0.1, -0.05) is 45.0 Å². The Morgan fingerprint density at radius 1 is 0.914 bits per heavy atom. The van der Waals surface area contributed by atoms with Crippen LogP contribution in [0.15, 0.2) is 54.6 Å². The Balaban J connectivity index is 1.81. The van der Waals surface area contributed by atoms with Gasteiger partial charge in [-0.15, -0.1) is 0 Å². The first kappa shape index (κ1) is 25.4. The molecular weight excluding hydrogens is 472 g/mol. The lowest BCUT2D eigenvalue weighted by molar-refractivity contribution is -0.137. The van der Waals surface area contributed by atoms with Crippen LogP contribution in [0.2, 0.25) is 0 Å². The average molecular weight is 503 g/mol. The topological polar surface area (TPSA) is 27.7 Å². The lowest BCUT2D eigenvalue weighted by atomic mass is 10.0. The van der Waals surface area contributed by atoms with Crippen LogP contribution in [0.25, 0.3) is 11.1 Å². The third-order valence-electron chi connectivity index (χ3n) is 6.28. The number of halogens is 3. The van der Waals surface area contributed by atoms with Crippen molar-refractivity contribution in [3.05, 3.63) is 71.3 Å². The minimum absolute atomic E-state index is 0.115. The molecule has 0 N–H and O–H groups in total. The van der Waals surface area contributed by atoms with E-state index in [9.17, 15) is 13.2 Å². The van der Waals surface area contributed by atoms with Crippen molar-refractivity contribution in [3.8, 4) is 28.4 Å². The van der Waals surface area contributed by atoms with Gasteiger partial charge < -0.3 is 14.2 Å². The Morgan fingerprint density at radius 2 is 1.54 bits per heavy atom. The number of ether oxygens (including phenoxy) is 3. The summed E-state index contributed by atoms with van der Waals surface area (Å²) in [6.07, 6.45) is -3.83. The second-order valence-corrected chi connectivity index (χ2v) is 12.8. The first-order valence-corrected chi connectivity index (χ1v) is 12.8. The number of methoxy groups -OCH3 is 2. The van der Waals surface area contributed by atoms with Gasteiger partial charge >= 0.3 is 6.18 Å². The zero-order valence-electron chi connectivity index (χ0n) is 20.8. The van der Waals surface area contributed by atoms with Crippen LogP contribution in [0.4, 0.5) is 13.2 Å². The number of aryl methyl sites for hydroxylation is 1. The molecule has 0 saturated heterocycles. The van der Waals surface area contributed by atoms with Gasteiger partial charge in [-0.3, -0.25) is 0 Å². The van der Waals surface area contributed by atoms with Gasteiger partial charge in [-0.25, -0.2) is 0 Å². The van der Waals surface area contributed by atoms with E-state index in [-0.39, 0.29) is 11.0 Å². The molecule has 2 atom stereocenters. The van der Waals surface area contributed by atoms with Crippen molar-refractivity contribution < 1.29 is 27.4 Å². The molecular formula is C28H30F3O3P. The third kappa shape index (κ3) is 4.86. The van der Waals surface area contributed by atoms with Crippen LogP contribution in [0.3, 0.4) is 0 Å². The van der Waals surface area contributed by atoms with Crippen molar-refractivity contribution in [2.75, 3.05) is 14.2 Å². The maximum Gasteiger partial charge on any atom is 0.416 e. The van der Waals surface area contributed by atoms with Crippen molar-refractivity contribution in [2.45, 2.75) is 51.3 Å². The van der Waals surface area contributed by atoms with Crippen molar-refractivity contribution in [3.63, 3.8) is 0 Å². The number of hydrogen-bond donors (Lipinski definition) is 0. The Hall–Kier alpha value is -2.72. The minimum Gasteiger partial charge on any atom is -0.496 e. The summed E-state index contributed by atoms with van der Waals surface area (Å²) in [6, 6.07) is 15.7. The van der Waals surface area contributed by atoms with E-state index in [4.69, 9.17) is 14.2 Å². The lowest BCUT2D eigenvalue weighted by Gasteiger charge is -2.33. The van der Waals surface area contributed by atoms with Gasteiger partial charge in [-0.2, -0.15) is 13.2 Å². The molecule has 0 amide bonds. The zero-order chi connectivity index (χ0) is 25.5. The molecule has 1 heterocycles. The van der Waals surface area contributed by atoms with Gasteiger partial charge in [-0.05, 0) is 61.5 Å². The van der Waals surface area contributed by atoms with Crippen molar-refractivity contribution in [2.24, 2.45) is 0 Å². The molecule has 3 nitrogen and oxygen atoms in total. The highest BCUT2D eigenvalue weighted by Crippen LogP contribution is 2.61. The van der Waals surface area contributed by atoms with Gasteiger partial charge in [0.05, 0.1) is 25.3 Å². The summed E-state index contributed by atoms with van der Waals surface area (Å²) >= 11 is 0. The molecule has 0 bridgehead atoms. The summed E-state index contributed by atoms with van der Waals surface area (Å²) in [5, 5.41) is 1.02. The molecule has 1 unspecified atom stereocenters. The summed E-state index contributed by atoms with van der Waals surface area (Å²) in [5.41, 5.74) is 2.74. The Kier molecular flexibility index (Phi) is 6.80. The zero-order valence-corrected chi connectivity index (χ0v) is 21.7. The maximum absolute atomic E-state index is 13.2. The summed E-state index contributed by atoms with van der Waals surface area (Å²) in [7, 11) is 2.41. The molecule has 0 radical (unpaired) electrons. The molecule has 0 aliphatic carbocycles. The Bertz CT molecular complexity index is 1210. The fourth-order valence-corrected chi connectivity index (χ4v) is 7.95. The number of alkyl halides is 3. The van der Waals surface area contributed by atoms with Crippen LogP contribution < -0.4 is 19.5 Å². The number of hydrogen-bond acceptors (Lipinski definition) is 3. The molecule has 3 aromatic carbocycles. The number of rotatable bonds is 5. The molecule has 7 heteroatoms. The van der Waals surface area contributed by atoms with Crippen LogP contribution in [-0.2, 0) is 12.6 Å². The monoisotopic (exact) mass is 502 g/mol. The second kappa shape index (κ2) is 9.39. The van der Waals surface area contributed by atoms with E-state index in [2.05, 4.69) is 26.8 Å². The van der Waals surface area contributed by atoms with Crippen LogP contribution in [0, 0.1) is 6.92 Å². The second-order valence-electron chi connectivity index (χ2n) is 9.65. The largest absolute Gasteiger partial charge is 0.496 e. The van der Waals surface area contributed by atoms with E-state index in [1.807, 2.05) is 30.3 Å². The van der Waals surface area contributed by atoms with E-state index in [1.54, 1.807) is 27.2 Å². The number of fused-ring (bicyclic) bond motifs is 1. The van der Waals surface area contributed by atoms with Gasteiger partial charge in [0, 0.05) is 17.3 Å². The molecule has 0 spiro atoms. The van der Waals surface area contributed by atoms with Crippen LogP contribution in [0.5, 0.6) is 17.2 Å². The fraction of sp³-hybridized carbons (Fsp3) is 0.357. The molecule has 0 saturated carbocycles. The highest BCUT2D eigenvalue weighted by atomic mass is 31.1. The first-order valence-electron chi connectivity index (χ1n) is 11.4. The van der Waals surface area contributed by atoms with Gasteiger partial charge in [0.2, 0.25) is 0 Å². The highest BCUT2D eigenvalue weighted by Gasteiger charge is 2.44. The molecule has 186 valence electrons. The standard InChI is InChI=1S/C28H30F3O3P/c1-17-15-19(28(29,30)31)14-13-18(17)16-24-34-23-12-7-9-20(26(23)35(24)27(2,3)4)25-21(32-5)10-8-11-22(25)33-6/h7-15,24H,16H2,1-6H3/t24-,35?/m0/s1. The predicted molar refractivity (Wildman–Crippen MR) is 136 cm³/mol. The average Bonchev–Trinajstić information content (AvgIpc) is 3.17.